The summed E-state index contributed by atoms with van der Waals surface area (Å²) in [6.07, 6.45) is 9.61. The molecule has 4 rings (SSSR count). The first-order valence-corrected chi connectivity index (χ1v) is 8.73. The second kappa shape index (κ2) is 7.23. The van der Waals surface area contributed by atoms with Gasteiger partial charge in [-0.2, -0.15) is 0 Å². The van der Waals surface area contributed by atoms with Crippen LogP contribution >= 0.6 is 0 Å². The highest BCUT2D eigenvalue weighted by atomic mass is 15.1. The minimum absolute atomic E-state index is 0.961. The predicted octanol–water partition coefficient (Wildman–Crippen LogP) is 4.67. The number of rotatable bonds is 2. The van der Waals surface area contributed by atoms with E-state index in [1.54, 1.807) is 0 Å². The minimum Gasteiger partial charge on any atom is -0.303 e. The van der Waals surface area contributed by atoms with E-state index in [4.69, 9.17) is 0 Å². The van der Waals surface area contributed by atoms with Crippen molar-refractivity contribution in [1.82, 2.24) is 9.88 Å². The Hall–Kier alpha value is -1.41. The Morgan fingerprint density at radius 3 is 2.77 bits per heavy atom. The van der Waals surface area contributed by atoms with Gasteiger partial charge in [0, 0.05) is 30.9 Å². The number of hydrogen-bond acceptors (Lipinski definition) is 2. The van der Waals surface area contributed by atoms with Gasteiger partial charge in [0.1, 0.15) is 0 Å². The maximum absolute atomic E-state index is 4.04. The normalized spacial score (nSPS) is 22.2. The molecule has 1 saturated carbocycles. The van der Waals surface area contributed by atoms with Crippen LogP contribution in [0.2, 0.25) is 0 Å². The van der Waals surface area contributed by atoms with Crippen molar-refractivity contribution in [2.24, 2.45) is 11.8 Å². The maximum Gasteiger partial charge on any atom is 0.0346 e. The Balaban J connectivity index is 0.000000131. The fraction of sp³-hybridized carbons (Fsp3) is 0.550. The van der Waals surface area contributed by atoms with Crippen LogP contribution in [0.3, 0.4) is 0 Å². The van der Waals surface area contributed by atoms with Gasteiger partial charge in [0.15, 0.2) is 0 Å². The summed E-state index contributed by atoms with van der Waals surface area (Å²) in [5.74, 6) is 2.04. The monoisotopic (exact) mass is 296 g/mol. The number of hydrogen-bond donors (Lipinski definition) is 0. The molecule has 1 aliphatic carbocycles. The van der Waals surface area contributed by atoms with Crippen LogP contribution in [0, 0.1) is 18.8 Å². The lowest BCUT2D eigenvalue weighted by Crippen LogP contribution is -2.35. The highest BCUT2D eigenvalue weighted by Crippen LogP contribution is 2.31. The lowest BCUT2D eigenvalue weighted by molar-refractivity contribution is 0.177. The van der Waals surface area contributed by atoms with E-state index < -0.39 is 0 Å². The van der Waals surface area contributed by atoms with Gasteiger partial charge >= 0.3 is 0 Å². The molecule has 1 aliphatic heterocycles. The van der Waals surface area contributed by atoms with Crippen LogP contribution in [0.5, 0.6) is 0 Å². The Morgan fingerprint density at radius 2 is 2.00 bits per heavy atom. The highest BCUT2D eigenvalue weighted by Gasteiger charge is 2.26. The topological polar surface area (TPSA) is 16.1 Å². The van der Waals surface area contributed by atoms with E-state index in [2.05, 4.69) is 41.9 Å². The van der Waals surface area contributed by atoms with Gasteiger partial charge in [-0.05, 0) is 62.4 Å². The number of pyridine rings is 1. The molecule has 2 aliphatic rings. The largest absolute Gasteiger partial charge is 0.303 e. The van der Waals surface area contributed by atoms with Gasteiger partial charge in [-0.1, -0.05) is 30.7 Å². The van der Waals surface area contributed by atoms with Crippen molar-refractivity contribution in [2.75, 3.05) is 19.6 Å². The van der Waals surface area contributed by atoms with E-state index in [1.807, 2.05) is 18.5 Å². The molecule has 0 spiro atoms. The summed E-state index contributed by atoms with van der Waals surface area (Å²) < 4.78 is 0. The van der Waals surface area contributed by atoms with E-state index >= 15 is 0 Å². The molecule has 2 nitrogen and oxygen atoms in total. The zero-order valence-electron chi connectivity index (χ0n) is 14.0. The van der Waals surface area contributed by atoms with Crippen LogP contribution in [-0.2, 0) is 0 Å². The molecule has 0 amide bonds. The molecule has 2 fully saturated rings. The van der Waals surface area contributed by atoms with Crippen molar-refractivity contribution in [3.63, 3.8) is 0 Å². The van der Waals surface area contributed by atoms with Gasteiger partial charge in [0.05, 0.1) is 0 Å². The average Bonchev–Trinajstić information content (AvgIpc) is 3.32. The fourth-order valence-corrected chi connectivity index (χ4v) is 3.32. The number of benzene rings is 1. The van der Waals surface area contributed by atoms with Crippen molar-refractivity contribution >= 4 is 10.8 Å². The summed E-state index contributed by atoms with van der Waals surface area (Å²) in [5.41, 5.74) is 1.30. The van der Waals surface area contributed by atoms with E-state index in [9.17, 15) is 0 Å². The molecular formula is C20H28N2. The molecule has 0 bridgehead atoms. The SMILES string of the molecule is CC1CCCN(CC2CC2)C1.Cc1ccc2cnccc2c1. The van der Waals surface area contributed by atoms with Gasteiger partial charge in [-0.3, -0.25) is 4.98 Å². The second-order valence-corrected chi connectivity index (χ2v) is 7.18. The number of piperidine rings is 1. The molecular weight excluding hydrogens is 268 g/mol. The molecule has 1 unspecified atom stereocenters. The molecule has 1 aromatic heterocycles. The summed E-state index contributed by atoms with van der Waals surface area (Å²) in [6, 6.07) is 8.39. The Bertz CT molecular complexity index is 601. The Kier molecular flexibility index (Phi) is 5.09. The lowest BCUT2D eigenvalue weighted by atomic mass is 10.0. The summed E-state index contributed by atoms with van der Waals surface area (Å²) >= 11 is 0. The van der Waals surface area contributed by atoms with Gasteiger partial charge in [0.2, 0.25) is 0 Å². The summed E-state index contributed by atoms with van der Waals surface area (Å²) in [7, 11) is 0. The molecule has 2 aromatic rings. The van der Waals surface area contributed by atoms with Crippen molar-refractivity contribution in [1.29, 1.82) is 0 Å². The van der Waals surface area contributed by atoms with Crippen LogP contribution in [-0.4, -0.2) is 29.5 Å². The summed E-state index contributed by atoms with van der Waals surface area (Å²) in [5, 5.41) is 2.47. The van der Waals surface area contributed by atoms with Crippen LogP contribution in [0.1, 0.15) is 38.2 Å². The summed E-state index contributed by atoms with van der Waals surface area (Å²) in [6.45, 7) is 8.64. The molecule has 1 atom stereocenters. The first-order chi connectivity index (χ1) is 10.7. The minimum atomic E-state index is 0.961. The van der Waals surface area contributed by atoms with E-state index in [-0.39, 0.29) is 0 Å². The third kappa shape index (κ3) is 4.54. The number of likely N-dealkylation sites (tertiary alicyclic amines) is 1. The molecule has 2 heteroatoms. The molecule has 1 saturated heterocycles. The van der Waals surface area contributed by atoms with Crippen molar-refractivity contribution in [3.8, 4) is 0 Å². The van der Waals surface area contributed by atoms with Gasteiger partial charge in [0.25, 0.3) is 0 Å². The second-order valence-electron chi connectivity index (χ2n) is 7.18. The van der Waals surface area contributed by atoms with Gasteiger partial charge in [-0.25, -0.2) is 0 Å². The van der Waals surface area contributed by atoms with Crippen LogP contribution < -0.4 is 0 Å². The lowest BCUT2D eigenvalue weighted by Gasteiger charge is -2.30. The van der Waals surface area contributed by atoms with Gasteiger partial charge in [-0.15, -0.1) is 0 Å². The van der Waals surface area contributed by atoms with E-state index in [0.717, 1.165) is 11.8 Å². The molecule has 1 aromatic carbocycles. The van der Waals surface area contributed by atoms with E-state index in [0.29, 0.717) is 0 Å². The van der Waals surface area contributed by atoms with Crippen molar-refractivity contribution < 1.29 is 0 Å². The third-order valence-corrected chi connectivity index (χ3v) is 4.75. The van der Waals surface area contributed by atoms with E-state index in [1.165, 1.54) is 61.7 Å². The number of aryl methyl sites for hydroxylation is 1. The first-order valence-electron chi connectivity index (χ1n) is 8.73. The smallest absolute Gasteiger partial charge is 0.0346 e. The fourth-order valence-electron chi connectivity index (χ4n) is 3.32. The van der Waals surface area contributed by atoms with Crippen molar-refractivity contribution in [2.45, 2.75) is 39.5 Å². The zero-order chi connectivity index (χ0) is 15.4. The van der Waals surface area contributed by atoms with Crippen LogP contribution in [0.15, 0.2) is 36.7 Å². The molecule has 0 N–H and O–H groups in total. The maximum atomic E-state index is 4.04. The zero-order valence-corrected chi connectivity index (χ0v) is 14.0. The average molecular weight is 296 g/mol. The highest BCUT2D eigenvalue weighted by molar-refractivity contribution is 5.81. The predicted molar refractivity (Wildman–Crippen MR) is 94.0 cm³/mol. The molecule has 0 radical (unpaired) electrons. The molecule has 22 heavy (non-hydrogen) atoms. The number of aromatic nitrogens is 1. The van der Waals surface area contributed by atoms with Gasteiger partial charge < -0.3 is 4.90 Å². The molecule has 2 heterocycles. The van der Waals surface area contributed by atoms with Crippen LogP contribution in [0.4, 0.5) is 0 Å². The molecule has 118 valence electrons. The standard InChI is InChI=1S/C10H9N.C10H19N/c1-8-2-3-10-7-11-5-4-9(10)6-8;1-9-3-2-6-11(7-9)8-10-4-5-10/h2-7H,1H3;9-10H,2-8H2,1H3. The summed E-state index contributed by atoms with van der Waals surface area (Å²) in [4.78, 5) is 6.71. The number of nitrogens with zero attached hydrogens (tertiary/aromatic N) is 2. The first kappa shape index (κ1) is 15.5. The number of fused-ring (bicyclic) bond motifs is 1. The Morgan fingerprint density at radius 1 is 1.14 bits per heavy atom. The quantitative estimate of drug-likeness (QED) is 0.800. The Labute approximate surface area is 134 Å². The van der Waals surface area contributed by atoms with Crippen molar-refractivity contribution in [3.05, 3.63) is 42.2 Å². The van der Waals surface area contributed by atoms with Crippen LogP contribution in [0.25, 0.3) is 10.8 Å². The third-order valence-electron chi connectivity index (χ3n) is 4.75.